The van der Waals surface area contributed by atoms with Crippen LogP contribution < -0.4 is 4.74 Å². The highest BCUT2D eigenvalue weighted by molar-refractivity contribution is 5.76. The van der Waals surface area contributed by atoms with Gasteiger partial charge in [0, 0.05) is 0 Å². The molecule has 1 aliphatic heterocycles. The molecule has 0 unspecified atom stereocenters. The minimum absolute atomic E-state index is 0.298. The normalized spacial score (nSPS) is 17.1. The van der Waals surface area contributed by atoms with Gasteiger partial charge in [-0.3, -0.25) is 4.79 Å². The van der Waals surface area contributed by atoms with E-state index in [0.717, 1.165) is 22.4 Å². The Morgan fingerprint density at radius 2 is 2.06 bits per heavy atom. The van der Waals surface area contributed by atoms with Gasteiger partial charge in [0.05, 0.1) is 20.3 Å². The van der Waals surface area contributed by atoms with Crippen molar-refractivity contribution >= 4 is 5.97 Å². The van der Waals surface area contributed by atoms with E-state index in [1.807, 2.05) is 26.0 Å². The van der Waals surface area contributed by atoms with Gasteiger partial charge in [0.1, 0.15) is 11.2 Å². The van der Waals surface area contributed by atoms with Crippen LogP contribution in [0.2, 0.25) is 0 Å². The first-order chi connectivity index (χ1) is 8.50. The van der Waals surface area contributed by atoms with Crippen molar-refractivity contribution in [3.63, 3.8) is 0 Å². The van der Waals surface area contributed by atoms with Crippen molar-refractivity contribution in [3.8, 4) is 5.75 Å². The van der Waals surface area contributed by atoms with Gasteiger partial charge < -0.3 is 14.6 Å². The quantitative estimate of drug-likeness (QED) is 0.887. The van der Waals surface area contributed by atoms with Crippen molar-refractivity contribution < 1.29 is 19.4 Å². The molecule has 0 atom stereocenters. The number of carboxylic acid groups (broad SMARTS) is 1. The Bertz CT molecular complexity index is 475. The molecule has 1 N–H and O–H groups in total. The van der Waals surface area contributed by atoms with E-state index in [1.54, 1.807) is 7.11 Å². The molecule has 1 aromatic rings. The van der Waals surface area contributed by atoms with Gasteiger partial charge in [-0.05, 0) is 43.0 Å². The van der Waals surface area contributed by atoms with E-state index >= 15 is 0 Å². The lowest BCUT2D eigenvalue weighted by molar-refractivity contribution is -0.179. The molecule has 4 heteroatoms. The first-order valence-corrected chi connectivity index (χ1v) is 5.94. The second-order valence-electron chi connectivity index (χ2n) is 4.93. The topological polar surface area (TPSA) is 55.8 Å². The summed E-state index contributed by atoms with van der Waals surface area (Å²) in [7, 11) is 1.64. The van der Waals surface area contributed by atoms with E-state index in [2.05, 4.69) is 0 Å². The third kappa shape index (κ3) is 1.97. The average molecular weight is 250 g/mol. The summed E-state index contributed by atoms with van der Waals surface area (Å²) < 4.78 is 10.3. The fourth-order valence-corrected chi connectivity index (χ4v) is 2.28. The van der Waals surface area contributed by atoms with Crippen molar-refractivity contribution in [3.05, 3.63) is 28.8 Å². The fraction of sp³-hybridized carbons (Fsp3) is 0.500. The lowest BCUT2D eigenvalue weighted by atomic mass is 9.78. The Balaban J connectivity index is 2.30. The number of methoxy groups -OCH3 is 1. The van der Waals surface area contributed by atoms with Gasteiger partial charge in [-0.2, -0.15) is 0 Å². The second kappa shape index (κ2) is 4.61. The molecule has 18 heavy (non-hydrogen) atoms. The number of carboxylic acids is 1. The smallest absolute Gasteiger partial charge is 0.314 e. The largest absolute Gasteiger partial charge is 0.496 e. The molecule has 1 heterocycles. The van der Waals surface area contributed by atoms with Crippen LogP contribution >= 0.6 is 0 Å². The van der Waals surface area contributed by atoms with Crippen LogP contribution in [0.3, 0.4) is 0 Å². The molecule has 1 aromatic carbocycles. The second-order valence-corrected chi connectivity index (χ2v) is 4.93. The third-order valence-electron chi connectivity index (χ3n) is 3.81. The Hall–Kier alpha value is -1.55. The monoisotopic (exact) mass is 250 g/mol. The number of hydrogen-bond donors (Lipinski definition) is 1. The molecule has 0 aromatic heterocycles. The molecule has 0 spiro atoms. The summed E-state index contributed by atoms with van der Waals surface area (Å²) in [5.74, 6) is 0.0621. The highest BCUT2D eigenvalue weighted by Gasteiger charge is 2.46. The maximum Gasteiger partial charge on any atom is 0.314 e. The molecule has 2 rings (SSSR count). The molecule has 98 valence electrons. The molecular formula is C14H18O4. The molecule has 1 fully saturated rings. The van der Waals surface area contributed by atoms with Gasteiger partial charge >= 0.3 is 5.97 Å². The molecule has 0 bridgehead atoms. The summed E-state index contributed by atoms with van der Waals surface area (Å²) in [6.07, 6.45) is 0.513. The minimum Gasteiger partial charge on any atom is -0.496 e. The first kappa shape index (κ1) is 12.9. The maximum absolute atomic E-state index is 11.3. The van der Waals surface area contributed by atoms with Crippen molar-refractivity contribution in [2.75, 3.05) is 20.3 Å². The van der Waals surface area contributed by atoms with Crippen LogP contribution in [0.5, 0.6) is 5.75 Å². The molecule has 0 saturated carbocycles. The van der Waals surface area contributed by atoms with Crippen LogP contribution in [-0.4, -0.2) is 31.4 Å². The average Bonchev–Trinajstić information content (AvgIpc) is 2.28. The number of ether oxygens (including phenoxy) is 2. The Morgan fingerprint density at radius 3 is 2.50 bits per heavy atom. The van der Waals surface area contributed by atoms with Crippen LogP contribution in [0, 0.1) is 19.3 Å². The van der Waals surface area contributed by atoms with Crippen LogP contribution in [0.1, 0.15) is 16.7 Å². The number of rotatable bonds is 4. The van der Waals surface area contributed by atoms with E-state index in [9.17, 15) is 9.90 Å². The zero-order chi connectivity index (χ0) is 13.3. The summed E-state index contributed by atoms with van der Waals surface area (Å²) >= 11 is 0. The van der Waals surface area contributed by atoms with Gasteiger partial charge in [-0.15, -0.1) is 0 Å². The van der Waals surface area contributed by atoms with Gasteiger partial charge in [0.2, 0.25) is 0 Å². The first-order valence-electron chi connectivity index (χ1n) is 5.94. The van der Waals surface area contributed by atoms with Gasteiger partial charge in [0.25, 0.3) is 0 Å². The van der Waals surface area contributed by atoms with Gasteiger partial charge in [0.15, 0.2) is 0 Å². The van der Waals surface area contributed by atoms with Crippen LogP contribution in [0.25, 0.3) is 0 Å². The molecule has 1 saturated heterocycles. The number of benzene rings is 1. The predicted molar refractivity (Wildman–Crippen MR) is 67.1 cm³/mol. The highest BCUT2D eigenvalue weighted by atomic mass is 16.5. The van der Waals surface area contributed by atoms with Crippen LogP contribution in [0.4, 0.5) is 0 Å². The molecule has 4 nitrogen and oxygen atoms in total. The maximum atomic E-state index is 11.3. The van der Waals surface area contributed by atoms with E-state index in [4.69, 9.17) is 9.47 Å². The minimum atomic E-state index is -0.776. The summed E-state index contributed by atoms with van der Waals surface area (Å²) in [5.41, 5.74) is 2.47. The summed E-state index contributed by atoms with van der Waals surface area (Å²) in [5, 5.41) is 9.30. The van der Waals surface area contributed by atoms with E-state index in [0.29, 0.717) is 19.6 Å². The lowest BCUT2D eigenvalue weighted by Crippen LogP contribution is -2.50. The van der Waals surface area contributed by atoms with Crippen molar-refractivity contribution in [2.45, 2.75) is 20.3 Å². The molecular weight excluding hydrogens is 232 g/mol. The van der Waals surface area contributed by atoms with Gasteiger partial charge in [-0.25, -0.2) is 0 Å². The SMILES string of the molecule is COc1ccc(CC2(C(=O)O)COC2)c(C)c1C. The lowest BCUT2D eigenvalue weighted by Gasteiger charge is -2.37. The van der Waals surface area contributed by atoms with Crippen molar-refractivity contribution in [1.82, 2.24) is 0 Å². The zero-order valence-corrected chi connectivity index (χ0v) is 10.9. The van der Waals surface area contributed by atoms with Crippen LogP contribution in [0.15, 0.2) is 12.1 Å². The molecule has 1 aliphatic rings. The third-order valence-corrected chi connectivity index (χ3v) is 3.81. The number of aliphatic carboxylic acids is 1. The van der Waals surface area contributed by atoms with E-state index in [-0.39, 0.29) is 0 Å². The van der Waals surface area contributed by atoms with Gasteiger partial charge in [-0.1, -0.05) is 6.07 Å². The van der Waals surface area contributed by atoms with Crippen LogP contribution in [-0.2, 0) is 16.0 Å². The summed E-state index contributed by atoms with van der Waals surface area (Å²) in [6, 6.07) is 3.84. The number of carbonyl (C=O) groups is 1. The molecule has 0 radical (unpaired) electrons. The van der Waals surface area contributed by atoms with E-state index in [1.165, 1.54) is 0 Å². The number of hydrogen-bond acceptors (Lipinski definition) is 3. The standard InChI is InChI=1S/C14H18O4/c1-9-10(2)12(17-3)5-4-11(9)6-14(13(15)16)7-18-8-14/h4-5H,6-8H2,1-3H3,(H,15,16). The fourth-order valence-electron chi connectivity index (χ4n) is 2.28. The Labute approximate surface area is 107 Å². The van der Waals surface area contributed by atoms with E-state index < -0.39 is 11.4 Å². The predicted octanol–water partition coefficient (Wildman–Crippen LogP) is 1.96. The Kier molecular flexibility index (Phi) is 3.30. The Morgan fingerprint density at radius 1 is 1.39 bits per heavy atom. The summed E-state index contributed by atoms with van der Waals surface area (Å²) in [6.45, 7) is 4.59. The highest BCUT2D eigenvalue weighted by Crippen LogP contribution is 2.35. The molecule has 0 amide bonds. The zero-order valence-electron chi connectivity index (χ0n) is 10.9. The van der Waals surface area contributed by atoms with Crippen molar-refractivity contribution in [2.24, 2.45) is 5.41 Å². The van der Waals surface area contributed by atoms with Crippen molar-refractivity contribution in [1.29, 1.82) is 0 Å². The summed E-state index contributed by atoms with van der Waals surface area (Å²) in [4.78, 5) is 11.3. The molecule has 0 aliphatic carbocycles.